The van der Waals surface area contributed by atoms with Gasteiger partial charge < -0.3 is 11.1 Å². The Kier molecular flexibility index (Phi) is 5.53. The van der Waals surface area contributed by atoms with Crippen molar-refractivity contribution in [3.05, 3.63) is 82.2 Å². The average Bonchev–Trinajstić information content (AvgIpc) is 3.24. The quantitative estimate of drug-likeness (QED) is 0.428. The number of rotatable bonds is 4. The van der Waals surface area contributed by atoms with E-state index in [9.17, 15) is 13.6 Å². The summed E-state index contributed by atoms with van der Waals surface area (Å²) < 4.78 is 28.0. The van der Waals surface area contributed by atoms with Crippen LogP contribution in [-0.2, 0) is 0 Å². The number of nitrogen functional groups attached to an aromatic ring is 1. The Labute approximate surface area is 184 Å². The van der Waals surface area contributed by atoms with E-state index in [-0.39, 0.29) is 38.4 Å². The van der Waals surface area contributed by atoms with E-state index in [1.165, 1.54) is 47.7 Å². The van der Waals surface area contributed by atoms with Gasteiger partial charge in [0.15, 0.2) is 5.82 Å². The highest BCUT2D eigenvalue weighted by Crippen LogP contribution is 2.34. The fourth-order valence-electron chi connectivity index (χ4n) is 2.88. The molecule has 0 atom stereocenters. The molecule has 0 fully saturated rings. The van der Waals surface area contributed by atoms with Gasteiger partial charge in [0.2, 0.25) is 0 Å². The van der Waals surface area contributed by atoms with Crippen molar-refractivity contribution in [1.29, 1.82) is 0 Å². The Morgan fingerprint density at radius 2 is 1.74 bits per heavy atom. The van der Waals surface area contributed by atoms with Crippen LogP contribution in [0.1, 0.15) is 10.4 Å². The van der Waals surface area contributed by atoms with E-state index in [4.69, 9.17) is 28.9 Å². The zero-order chi connectivity index (χ0) is 22.1. The van der Waals surface area contributed by atoms with E-state index in [1.807, 2.05) is 0 Å². The summed E-state index contributed by atoms with van der Waals surface area (Å²) in [6.07, 6.45) is 4.25. The molecule has 0 aliphatic carbocycles. The Morgan fingerprint density at radius 1 is 1.00 bits per heavy atom. The number of nitrogens with zero attached hydrogens (tertiary/aromatic N) is 4. The number of amides is 1. The molecular weight excluding hydrogens is 449 g/mol. The molecule has 7 nitrogen and oxygen atoms in total. The molecule has 2 aromatic heterocycles. The van der Waals surface area contributed by atoms with Crippen molar-refractivity contribution in [3.8, 4) is 16.9 Å². The lowest BCUT2D eigenvalue weighted by atomic mass is 10.0. The Hall–Kier alpha value is -3.56. The second kappa shape index (κ2) is 8.29. The normalized spacial score (nSPS) is 10.8. The molecule has 2 heterocycles. The van der Waals surface area contributed by atoms with E-state index in [0.29, 0.717) is 5.56 Å². The summed E-state index contributed by atoms with van der Waals surface area (Å²) in [6.45, 7) is 0. The van der Waals surface area contributed by atoms with E-state index < -0.39 is 17.5 Å². The molecule has 31 heavy (non-hydrogen) atoms. The van der Waals surface area contributed by atoms with Crippen molar-refractivity contribution >= 4 is 40.5 Å². The first-order valence-electron chi connectivity index (χ1n) is 8.71. The molecule has 0 radical (unpaired) electrons. The number of hydrogen-bond donors (Lipinski definition) is 2. The minimum atomic E-state index is -0.836. The molecule has 0 saturated heterocycles. The maximum absolute atomic E-state index is 14.7. The number of halogens is 4. The number of anilines is 2. The summed E-state index contributed by atoms with van der Waals surface area (Å²) >= 11 is 12.4. The molecule has 0 aliphatic heterocycles. The van der Waals surface area contributed by atoms with Crippen LogP contribution in [0.4, 0.5) is 20.2 Å². The van der Waals surface area contributed by atoms with Gasteiger partial charge in [-0.15, -0.1) is 4.80 Å². The van der Waals surface area contributed by atoms with Gasteiger partial charge in [0.25, 0.3) is 5.91 Å². The third-order valence-electron chi connectivity index (χ3n) is 4.29. The lowest BCUT2D eigenvalue weighted by Gasteiger charge is -2.12. The van der Waals surface area contributed by atoms with Gasteiger partial charge in [-0.2, -0.15) is 10.2 Å². The average molecular weight is 461 g/mol. The van der Waals surface area contributed by atoms with Gasteiger partial charge in [-0.05, 0) is 36.4 Å². The van der Waals surface area contributed by atoms with E-state index >= 15 is 0 Å². The van der Waals surface area contributed by atoms with Crippen LogP contribution in [0.2, 0.25) is 10.0 Å². The lowest BCUT2D eigenvalue weighted by molar-refractivity contribution is 0.102. The fraction of sp³-hybridized carbons (Fsp3) is 0. The summed E-state index contributed by atoms with van der Waals surface area (Å²) in [5.74, 6) is -1.87. The first-order chi connectivity index (χ1) is 14.8. The van der Waals surface area contributed by atoms with Gasteiger partial charge in [0.1, 0.15) is 11.6 Å². The van der Waals surface area contributed by atoms with Crippen LogP contribution in [-0.4, -0.2) is 25.9 Å². The first kappa shape index (κ1) is 20.7. The van der Waals surface area contributed by atoms with Gasteiger partial charge in [0, 0.05) is 21.8 Å². The van der Waals surface area contributed by atoms with Crippen LogP contribution in [0.3, 0.4) is 0 Å². The summed E-state index contributed by atoms with van der Waals surface area (Å²) in [7, 11) is 0. The first-order valence-corrected chi connectivity index (χ1v) is 9.47. The van der Waals surface area contributed by atoms with E-state index in [2.05, 4.69) is 20.5 Å². The predicted molar refractivity (Wildman–Crippen MR) is 113 cm³/mol. The highest BCUT2D eigenvalue weighted by atomic mass is 35.5. The van der Waals surface area contributed by atoms with E-state index in [0.717, 1.165) is 12.1 Å². The Balaban J connectivity index is 1.61. The molecule has 0 aliphatic rings. The number of nitrogens with one attached hydrogen (secondary N) is 1. The number of carbonyl (C=O) groups excluding carboxylic acids is 1. The summed E-state index contributed by atoms with van der Waals surface area (Å²) in [6, 6.07) is 7.33. The molecule has 4 rings (SSSR count). The Morgan fingerprint density at radius 3 is 2.42 bits per heavy atom. The number of benzene rings is 2. The second-order valence-electron chi connectivity index (χ2n) is 6.35. The fourth-order valence-corrected chi connectivity index (χ4v) is 3.38. The lowest BCUT2D eigenvalue weighted by Crippen LogP contribution is -2.15. The monoisotopic (exact) mass is 460 g/mol. The van der Waals surface area contributed by atoms with Crippen molar-refractivity contribution < 1.29 is 13.6 Å². The van der Waals surface area contributed by atoms with Gasteiger partial charge >= 0.3 is 0 Å². The minimum Gasteiger partial charge on any atom is -0.398 e. The van der Waals surface area contributed by atoms with Crippen LogP contribution in [0.25, 0.3) is 16.9 Å². The molecule has 0 unspecified atom stereocenters. The maximum Gasteiger partial charge on any atom is 0.258 e. The van der Waals surface area contributed by atoms with Gasteiger partial charge in [0.05, 0.1) is 34.9 Å². The molecule has 2 aromatic carbocycles. The highest BCUT2D eigenvalue weighted by molar-refractivity contribution is 6.34. The minimum absolute atomic E-state index is 0.0705. The molecule has 11 heteroatoms. The summed E-state index contributed by atoms with van der Waals surface area (Å²) in [5.41, 5.74) is 6.39. The number of hydrogen-bond acceptors (Lipinski definition) is 5. The third kappa shape index (κ3) is 4.18. The van der Waals surface area contributed by atoms with Crippen LogP contribution < -0.4 is 11.1 Å². The summed E-state index contributed by atoms with van der Waals surface area (Å²) in [5, 5.41) is 10.6. The van der Waals surface area contributed by atoms with Crippen LogP contribution in [0.15, 0.2) is 55.0 Å². The van der Waals surface area contributed by atoms with Gasteiger partial charge in [-0.3, -0.25) is 4.79 Å². The molecule has 1 amide bonds. The zero-order valence-corrected chi connectivity index (χ0v) is 17.0. The number of aromatic nitrogens is 4. The molecule has 0 spiro atoms. The molecule has 156 valence electrons. The number of nitrogens with two attached hydrogens (primary N) is 1. The molecular formula is C20H12Cl2F2N6O. The number of carbonyl (C=O) groups is 1. The zero-order valence-electron chi connectivity index (χ0n) is 15.5. The number of pyridine rings is 1. The van der Waals surface area contributed by atoms with Gasteiger partial charge in [-0.1, -0.05) is 23.2 Å². The van der Waals surface area contributed by atoms with Crippen molar-refractivity contribution in [3.63, 3.8) is 0 Å². The predicted octanol–water partition coefficient (Wildman–Crippen LogP) is 4.75. The standard InChI is InChI=1S/C20H12Cl2F2N6O/c21-15-7-14(17(24)8-13(15)12-2-1-10(23)5-18(12)25)20(31)29-11-6-16(22)19(26-9-11)30-27-3-4-28-30/h1-9H,25H2,(H,29,31). The topological polar surface area (TPSA) is 98.7 Å². The molecule has 3 N–H and O–H groups in total. The maximum atomic E-state index is 14.7. The van der Waals surface area contributed by atoms with Crippen molar-refractivity contribution in [1.82, 2.24) is 20.0 Å². The molecule has 0 saturated carbocycles. The van der Waals surface area contributed by atoms with Crippen molar-refractivity contribution in [2.45, 2.75) is 0 Å². The van der Waals surface area contributed by atoms with Crippen LogP contribution in [0, 0.1) is 11.6 Å². The molecule has 4 aromatic rings. The smallest absolute Gasteiger partial charge is 0.258 e. The second-order valence-corrected chi connectivity index (χ2v) is 7.16. The van der Waals surface area contributed by atoms with Crippen molar-refractivity contribution in [2.24, 2.45) is 0 Å². The Bertz CT molecular complexity index is 1300. The molecule has 0 bridgehead atoms. The highest BCUT2D eigenvalue weighted by Gasteiger charge is 2.18. The summed E-state index contributed by atoms with van der Waals surface area (Å²) in [4.78, 5) is 17.9. The van der Waals surface area contributed by atoms with Gasteiger partial charge in [-0.25, -0.2) is 13.8 Å². The van der Waals surface area contributed by atoms with Crippen LogP contribution >= 0.6 is 23.2 Å². The largest absolute Gasteiger partial charge is 0.398 e. The van der Waals surface area contributed by atoms with Crippen LogP contribution in [0.5, 0.6) is 0 Å². The van der Waals surface area contributed by atoms with Crippen molar-refractivity contribution in [2.75, 3.05) is 11.1 Å². The third-order valence-corrected chi connectivity index (χ3v) is 4.88. The van der Waals surface area contributed by atoms with E-state index in [1.54, 1.807) is 0 Å². The SMILES string of the molecule is Nc1cc(F)ccc1-c1cc(F)c(C(=O)Nc2cnc(-n3nccn3)c(Cl)c2)cc1Cl.